The Kier molecular flexibility index (Phi) is 4.31. The third kappa shape index (κ3) is 2.70. The van der Waals surface area contributed by atoms with Crippen molar-refractivity contribution in [3.8, 4) is 17.2 Å². The second kappa shape index (κ2) is 5.96. The maximum Gasteiger partial charge on any atom is 0.203 e. The summed E-state index contributed by atoms with van der Waals surface area (Å²) < 4.78 is 16.6. The molecule has 2 N–H and O–H groups in total. The Hall–Kier alpha value is -1.42. The fourth-order valence-corrected chi connectivity index (χ4v) is 2.39. The van der Waals surface area contributed by atoms with Crippen LogP contribution in [-0.2, 0) is 0 Å². The molecular weight excluding hydrogens is 230 g/mol. The van der Waals surface area contributed by atoms with Crippen molar-refractivity contribution in [2.24, 2.45) is 5.73 Å². The highest BCUT2D eigenvalue weighted by molar-refractivity contribution is 5.51. The van der Waals surface area contributed by atoms with Gasteiger partial charge in [-0.05, 0) is 31.4 Å². The van der Waals surface area contributed by atoms with Crippen molar-refractivity contribution >= 4 is 0 Å². The van der Waals surface area contributed by atoms with Gasteiger partial charge in [0, 0.05) is 6.04 Å². The molecule has 2 rings (SSSR count). The molecule has 1 aromatic carbocycles. The van der Waals surface area contributed by atoms with Crippen molar-refractivity contribution in [2.45, 2.75) is 37.8 Å². The van der Waals surface area contributed by atoms with Crippen LogP contribution >= 0.6 is 0 Å². The van der Waals surface area contributed by atoms with E-state index in [9.17, 15) is 0 Å². The fourth-order valence-electron chi connectivity index (χ4n) is 2.39. The number of hydrogen-bond acceptors (Lipinski definition) is 4. The van der Waals surface area contributed by atoms with Crippen molar-refractivity contribution in [3.63, 3.8) is 0 Å². The first-order valence-electron chi connectivity index (χ1n) is 6.39. The molecule has 4 nitrogen and oxygen atoms in total. The molecule has 0 spiro atoms. The highest BCUT2D eigenvalue weighted by Gasteiger charge is 2.25. The lowest BCUT2D eigenvalue weighted by Crippen LogP contribution is -2.41. The average molecular weight is 251 g/mol. The molecule has 0 radical (unpaired) electrons. The van der Waals surface area contributed by atoms with E-state index in [1.54, 1.807) is 14.2 Å². The molecule has 0 amide bonds. The molecule has 4 heteroatoms. The van der Waals surface area contributed by atoms with Crippen LogP contribution in [0.25, 0.3) is 0 Å². The summed E-state index contributed by atoms with van der Waals surface area (Å²) in [5.41, 5.74) is 6.09. The van der Waals surface area contributed by atoms with Gasteiger partial charge in [-0.3, -0.25) is 0 Å². The van der Waals surface area contributed by atoms with E-state index in [1.807, 2.05) is 18.2 Å². The van der Waals surface area contributed by atoms with Gasteiger partial charge in [-0.25, -0.2) is 0 Å². The molecule has 2 atom stereocenters. The predicted molar refractivity (Wildman–Crippen MR) is 70.4 cm³/mol. The van der Waals surface area contributed by atoms with Crippen LogP contribution in [0.1, 0.15) is 25.7 Å². The first kappa shape index (κ1) is 13.0. The summed E-state index contributed by atoms with van der Waals surface area (Å²) in [7, 11) is 3.24. The predicted octanol–water partition coefficient (Wildman–Crippen LogP) is 2.35. The van der Waals surface area contributed by atoms with Crippen LogP contribution in [0.3, 0.4) is 0 Å². The van der Waals surface area contributed by atoms with Crippen LogP contribution in [0.5, 0.6) is 17.2 Å². The van der Waals surface area contributed by atoms with Crippen molar-refractivity contribution in [2.75, 3.05) is 14.2 Å². The molecule has 18 heavy (non-hydrogen) atoms. The van der Waals surface area contributed by atoms with Gasteiger partial charge in [-0.2, -0.15) is 0 Å². The second-order valence-electron chi connectivity index (χ2n) is 4.60. The maximum atomic E-state index is 6.09. The van der Waals surface area contributed by atoms with E-state index in [2.05, 4.69) is 0 Å². The Morgan fingerprint density at radius 3 is 2.44 bits per heavy atom. The topological polar surface area (TPSA) is 53.7 Å². The van der Waals surface area contributed by atoms with Crippen molar-refractivity contribution in [1.29, 1.82) is 0 Å². The molecule has 1 aromatic rings. The van der Waals surface area contributed by atoms with Gasteiger partial charge >= 0.3 is 0 Å². The molecule has 2 unspecified atom stereocenters. The molecule has 0 heterocycles. The smallest absolute Gasteiger partial charge is 0.203 e. The summed E-state index contributed by atoms with van der Waals surface area (Å²) in [6, 6.07) is 5.75. The molecule has 0 aromatic heterocycles. The summed E-state index contributed by atoms with van der Waals surface area (Å²) in [5, 5.41) is 0. The molecule has 1 aliphatic rings. The molecule has 1 fully saturated rings. The first-order chi connectivity index (χ1) is 8.76. The van der Waals surface area contributed by atoms with Crippen LogP contribution in [0, 0.1) is 0 Å². The van der Waals surface area contributed by atoms with Gasteiger partial charge in [0.25, 0.3) is 0 Å². The Morgan fingerprint density at radius 1 is 1.06 bits per heavy atom. The molecule has 100 valence electrons. The van der Waals surface area contributed by atoms with Crippen LogP contribution in [0.4, 0.5) is 0 Å². The third-order valence-corrected chi connectivity index (χ3v) is 3.40. The zero-order chi connectivity index (χ0) is 13.0. The lowest BCUT2D eigenvalue weighted by Gasteiger charge is -2.29. The number of ether oxygens (including phenoxy) is 3. The summed E-state index contributed by atoms with van der Waals surface area (Å²) in [5.74, 6) is 2.02. The SMILES string of the molecule is COc1cccc(OC2CCCCC2N)c1OC. The Bertz CT molecular complexity index is 395. The Balaban J connectivity index is 2.17. The highest BCUT2D eigenvalue weighted by Crippen LogP contribution is 2.38. The Morgan fingerprint density at radius 2 is 1.78 bits per heavy atom. The van der Waals surface area contributed by atoms with E-state index in [-0.39, 0.29) is 12.1 Å². The minimum absolute atomic E-state index is 0.0692. The molecule has 0 bridgehead atoms. The van der Waals surface area contributed by atoms with Gasteiger partial charge in [0.2, 0.25) is 5.75 Å². The van der Waals surface area contributed by atoms with Gasteiger partial charge in [0.15, 0.2) is 11.5 Å². The van der Waals surface area contributed by atoms with E-state index in [0.717, 1.165) is 12.8 Å². The van der Waals surface area contributed by atoms with Gasteiger partial charge in [-0.15, -0.1) is 0 Å². The van der Waals surface area contributed by atoms with E-state index in [4.69, 9.17) is 19.9 Å². The lowest BCUT2D eigenvalue weighted by molar-refractivity contribution is 0.127. The first-order valence-corrected chi connectivity index (χ1v) is 6.39. The van der Waals surface area contributed by atoms with Crippen molar-refractivity contribution in [1.82, 2.24) is 0 Å². The summed E-state index contributed by atoms with van der Waals surface area (Å²) in [6.45, 7) is 0. The summed E-state index contributed by atoms with van der Waals surface area (Å²) in [6.07, 6.45) is 4.46. The van der Waals surface area contributed by atoms with Crippen molar-refractivity contribution in [3.05, 3.63) is 18.2 Å². The van der Waals surface area contributed by atoms with E-state index in [0.29, 0.717) is 17.2 Å². The van der Waals surface area contributed by atoms with Crippen LogP contribution in [0.2, 0.25) is 0 Å². The number of nitrogens with two attached hydrogens (primary N) is 1. The van der Waals surface area contributed by atoms with Crippen molar-refractivity contribution < 1.29 is 14.2 Å². The number of rotatable bonds is 4. The third-order valence-electron chi connectivity index (χ3n) is 3.40. The number of hydrogen-bond donors (Lipinski definition) is 1. The molecule has 0 saturated heterocycles. The minimum Gasteiger partial charge on any atom is -0.493 e. The number of methoxy groups -OCH3 is 2. The van der Waals surface area contributed by atoms with E-state index in [1.165, 1.54) is 12.8 Å². The normalized spacial score (nSPS) is 23.5. The highest BCUT2D eigenvalue weighted by atomic mass is 16.5. The van der Waals surface area contributed by atoms with Gasteiger partial charge < -0.3 is 19.9 Å². The summed E-state index contributed by atoms with van der Waals surface area (Å²) in [4.78, 5) is 0. The summed E-state index contributed by atoms with van der Waals surface area (Å²) >= 11 is 0. The standard InChI is InChI=1S/C14H21NO3/c1-16-12-8-5-9-13(14(12)17-2)18-11-7-4-3-6-10(11)15/h5,8-11H,3-4,6-7,15H2,1-2H3. The van der Waals surface area contributed by atoms with Gasteiger partial charge in [-0.1, -0.05) is 12.5 Å². The molecule has 1 aliphatic carbocycles. The van der Waals surface area contributed by atoms with E-state index < -0.39 is 0 Å². The lowest BCUT2D eigenvalue weighted by atomic mass is 9.93. The van der Waals surface area contributed by atoms with Gasteiger partial charge in [0.05, 0.1) is 14.2 Å². The zero-order valence-electron chi connectivity index (χ0n) is 11.0. The monoisotopic (exact) mass is 251 g/mol. The van der Waals surface area contributed by atoms with Crippen LogP contribution in [0.15, 0.2) is 18.2 Å². The molecule has 1 saturated carbocycles. The van der Waals surface area contributed by atoms with Crippen LogP contribution in [-0.4, -0.2) is 26.4 Å². The maximum absolute atomic E-state index is 6.09. The van der Waals surface area contributed by atoms with Crippen LogP contribution < -0.4 is 19.9 Å². The van der Waals surface area contributed by atoms with Gasteiger partial charge in [0.1, 0.15) is 6.10 Å². The largest absolute Gasteiger partial charge is 0.493 e. The minimum atomic E-state index is 0.0692. The zero-order valence-corrected chi connectivity index (χ0v) is 11.0. The quantitative estimate of drug-likeness (QED) is 0.892. The second-order valence-corrected chi connectivity index (χ2v) is 4.60. The molecular formula is C14H21NO3. The molecule has 0 aliphatic heterocycles. The van der Waals surface area contributed by atoms with E-state index >= 15 is 0 Å². The fraction of sp³-hybridized carbons (Fsp3) is 0.571. The number of benzene rings is 1. The average Bonchev–Trinajstić information content (AvgIpc) is 2.41. The Labute approximate surface area is 108 Å². The number of para-hydroxylation sites is 1.